The molecule has 0 radical (unpaired) electrons. The van der Waals surface area contributed by atoms with Crippen LogP contribution >= 0.6 is 0 Å². The molecule has 6 nitrogen and oxygen atoms in total. The molecule has 0 saturated carbocycles. The van der Waals surface area contributed by atoms with Gasteiger partial charge in [0.15, 0.2) is 0 Å². The number of hydrogen-bond donors (Lipinski definition) is 0. The third-order valence-corrected chi connectivity index (χ3v) is 1.95. The van der Waals surface area contributed by atoms with Crippen molar-refractivity contribution in [3.05, 3.63) is 34.4 Å². The largest absolute Gasteiger partial charge is 0.293 e. The number of carbonyl (C=O) groups excluding carboxylic acids is 2. The van der Waals surface area contributed by atoms with Gasteiger partial charge in [0.05, 0.1) is 4.92 Å². The van der Waals surface area contributed by atoms with Gasteiger partial charge in [-0.2, -0.15) is 0 Å². The zero-order chi connectivity index (χ0) is 12.3. The molecule has 1 rings (SSSR count). The molecular formula is C10H10N2O4. The zero-order valence-corrected chi connectivity index (χ0v) is 8.84. The Hall–Kier alpha value is -2.24. The van der Waals surface area contributed by atoms with Gasteiger partial charge >= 0.3 is 0 Å². The van der Waals surface area contributed by atoms with Crippen LogP contribution in [0.4, 0.5) is 11.4 Å². The van der Waals surface area contributed by atoms with E-state index in [4.69, 9.17) is 0 Å². The van der Waals surface area contributed by atoms with E-state index < -0.39 is 16.7 Å². The Morgan fingerprint density at radius 3 is 2.12 bits per heavy atom. The molecule has 0 atom stereocenters. The van der Waals surface area contributed by atoms with E-state index in [0.29, 0.717) is 0 Å². The van der Waals surface area contributed by atoms with Crippen LogP contribution in [0.25, 0.3) is 0 Å². The van der Waals surface area contributed by atoms with Gasteiger partial charge in [0, 0.05) is 19.9 Å². The minimum Gasteiger partial charge on any atom is -0.274 e. The van der Waals surface area contributed by atoms with Crippen LogP contribution in [0.1, 0.15) is 13.8 Å². The highest BCUT2D eigenvalue weighted by atomic mass is 16.6. The van der Waals surface area contributed by atoms with Crippen molar-refractivity contribution in [2.24, 2.45) is 0 Å². The summed E-state index contributed by atoms with van der Waals surface area (Å²) in [6, 6.07) is 5.61. The summed E-state index contributed by atoms with van der Waals surface area (Å²) in [6.45, 7) is 2.36. The number of anilines is 1. The number of amides is 2. The second-order valence-electron chi connectivity index (χ2n) is 3.12. The van der Waals surface area contributed by atoms with Gasteiger partial charge in [0.2, 0.25) is 11.8 Å². The Bertz CT molecular complexity index is 442. The minimum absolute atomic E-state index is 0.00694. The van der Waals surface area contributed by atoms with Gasteiger partial charge in [-0.15, -0.1) is 0 Å². The van der Waals surface area contributed by atoms with Gasteiger partial charge in [-0.1, -0.05) is 12.1 Å². The molecule has 0 aliphatic carbocycles. The zero-order valence-electron chi connectivity index (χ0n) is 8.84. The molecule has 0 aliphatic rings. The van der Waals surface area contributed by atoms with Crippen LogP contribution in [0.5, 0.6) is 0 Å². The standard InChI is InChI=1S/C10H10N2O4/c1-7(13)11(8(2)14)9-5-3-4-6-10(9)12(15)16/h3-6H,1-2H3. The van der Waals surface area contributed by atoms with E-state index in [-0.39, 0.29) is 11.4 Å². The molecule has 0 aliphatic heterocycles. The fourth-order valence-corrected chi connectivity index (χ4v) is 1.37. The highest BCUT2D eigenvalue weighted by molar-refractivity contribution is 6.14. The van der Waals surface area contributed by atoms with Crippen molar-refractivity contribution in [2.45, 2.75) is 13.8 Å². The summed E-state index contributed by atoms with van der Waals surface area (Å²) in [5.41, 5.74) is -0.277. The molecule has 6 heteroatoms. The van der Waals surface area contributed by atoms with Crippen molar-refractivity contribution in [3.8, 4) is 0 Å². The van der Waals surface area contributed by atoms with Gasteiger partial charge < -0.3 is 0 Å². The number of nitro groups is 1. The van der Waals surface area contributed by atoms with E-state index >= 15 is 0 Å². The maximum Gasteiger partial charge on any atom is 0.293 e. The van der Waals surface area contributed by atoms with Crippen molar-refractivity contribution in [1.29, 1.82) is 0 Å². The highest BCUT2D eigenvalue weighted by Gasteiger charge is 2.24. The number of hydrogen-bond acceptors (Lipinski definition) is 4. The molecule has 1 aromatic carbocycles. The number of rotatable bonds is 2. The fourth-order valence-electron chi connectivity index (χ4n) is 1.37. The van der Waals surface area contributed by atoms with Crippen LogP contribution < -0.4 is 4.90 Å². The lowest BCUT2D eigenvalue weighted by Crippen LogP contribution is -2.33. The van der Waals surface area contributed by atoms with Gasteiger partial charge in [-0.05, 0) is 6.07 Å². The topological polar surface area (TPSA) is 80.5 Å². The molecule has 16 heavy (non-hydrogen) atoms. The number of carbonyl (C=O) groups is 2. The second kappa shape index (κ2) is 4.52. The molecule has 0 bridgehead atoms. The molecule has 2 amide bonds. The predicted molar refractivity (Wildman–Crippen MR) is 56.9 cm³/mol. The van der Waals surface area contributed by atoms with Crippen LogP contribution in [-0.2, 0) is 9.59 Å². The molecule has 0 unspecified atom stereocenters. The summed E-state index contributed by atoms with van der Waals surface area (Å²) in [5.74, 6) is -1.11. The summed E-state index contributed by atoms with van der Waals surface area (Å²) >= 11 is 0. The first-order valence-corrected chi connectivity index (χ1v) is 4.50. The molecule has 0 heterocycles. The molecular weight excluding hydrogens is 212 g/mol. The Morgan fingerprint density at radius 2 is 1.69 bits per heavy atom. The average Bonchev–Trinajstić information content (AvgIpc) is 2.17. The number of para-hydroxylation sites is 2. The number of benzene rings is 1. The predicted octanol–water partition coefficient (Wildman–Crippen LogP) is 1.49. The number of imide groups is 1. The summed E-state index contributed by atoms with van der Waals surface area (Å²) < 4.78 is 0. The minimum atomic E-state index is -0.631. The lowest BCUT2D eigenvalue weighted by atomic mass is 10.2. The van der Waals surface area contributed by atoms with Crippen molar-refractivity contribution in [1.82, 2.24) is 0 Å². The molecule has 0 aromatic heterocycles. The van der Waals surface area contributed by atoms with Crippen molar-refractivity contribution in [3.63, 3.8) is 0 Å². The Morgan fingerprint density at radius 1 is 1.19 bits per heavy atom. The molecule has 84 valence electrons. The van der Waals surface area contributed by atoms with Gasteiger partial charge in [0.1, 0.15) is 5.69 Å². The van der Waals surface area contributed by atoms with Crippen molar-refractivity contribution in [2.75, 3.05) is 4.90 Å². The SMILES string of the molecule is CC(=O)N(C(C)=O)c1ccccc1[N+](=O)[O-]. The fraction of sp³-hybridized carbons (Fsp3) is 0.200. The van der Waals surface area contributed by atoms with Crippen LogP contribution in [0.2, 0.25) is 0 Å². The lowest BCUT2D eigenvalue weighted by molar-refractivity contribution is -0.384. The van der Waals surface area contributed by atoms with E-state index in [1.165, 1.54) is 38.1 Å². The normalized spacial score (nSPS) is 9.62. The summed E-state index contributed by atoms with van der Waals surface area (Å²) in [4.78, 5) is 33.4. The maximum atomic E-state index is 11.2. The molecule has 0 saturated heterocycles. The summed E-state index contributed by atoms with van der Waals surface area (Å²) in [7, 11) is 0. The molecule has 1 aromatic rings. The van der Waals surface area contributed by atoms with E-state index in [1.54, 1.807) is 0 Å². The van der Waals surface area contributed by atoms with Gasteiger partial charge in [-0.3, -0.25) is 19.7 Å². The monoisotopic (exact) mass is 222 g/mol. The molecule has 0 N–H and O–H groups in total. The average molecular weight is 222 g/mol. The van der Waals surface area contributed by atoms with Crippen molar-refractivity contribution < 1.29 is 14.5 Å². The second-order valence-corrected chi connectivity index (χ2v) is 3.12. The third-order valence-electron chi connectivity index (χ3n) is 1.95. The molecule has 0 fully saturated rings. The smallest absolute Gasteiger partial charge is 0.274 e. The first kappa shape index (κ1) is 11.8. The number of nitrogens with zero attached hydrogens (tertiary/aromatic N) is 2. The van der Waals surface area contributed by atoms with E-state index in [2.05, 4.69) is 0 Å². The summed E-state index contributed by atoms with van der Waals surface area (Å²) in [6.07, 6.45) is 0. The Balaban J connectivity index is 3.35. The highest BCUT2D eigenvalue weighted by Crippen LogP contribution is 2.27. The lowest BCUT2D eigenvalue weighted by Gasteiger charge is -2.16. The third kappa shape index (κ3) is 2.22. The quantitative estimate of drug-likeness (QED) is 0.560. The Kier molecular flexibility index (Phi) is 3.34. The van der Waals surface area contributed by atoms with Crippen LogP contribution in [0.3, 0.4) is 0 Å². The van der Waals surface area contributed by atoms with E-state index in [1.807, 2.05) is 0 Å². The van der Waals surface area contributed by atoms with Crippen molar-refractivity contribution >= 4 is 23.2 Å². The van der Waals surface area contributed by atoms with Crippen LogP contribution in [0, 0.1) is 10.1 Å². The Labute approximate surface area is 91.6 Å². The first-order valence-electron chi connectivity index (χ1n) is 4.50. The summed E-state index contributed by atoms with van der Waals surface area (Å²) in [5, 5.41) is 10.7. The van der Waals surface area contributed by atoms with Gasteiger partial charge in [0.25, 0.3) is 5.69 Å². The number of nitro benzene ring substituents is 1. The van der Waals surface area contributed by atoms with Crippen LogP contribution in [-0.4, -0.2) is 16.7 Å². The maximum absolute atomic E-state index is 11.2. The van der Waals surface area contributed by atoms with Crippen LogP contribution in [0.15, 0.2) is 24.3 Å². The first-order chi connectivity index (χ1) is 7.45. The van der Waals surface area contributed by atoms with E-state index in [9.17, 15) is 19.7 Å². The van der Waals surface area contributed by atoms with E-state index in [0.717, 1.165) is 4.90 Å². The van der Waals surface area contributed by atoms with Gasteiger partial charge in [-0.25, -0.2) is 4.90 Å². The molecule has 0 spiro atoms.